The van der Waals surface area contributed by atoms with E-state index >= 15 is 0 Å². The molecule has 0 aromatic rings. The molecule has 27 heavy (non-hydrogen) atoms. The van der Waals surface area contributed by atoms with Crippen molar-refractivity contribution in [2.75, 3.05) is 19.6 Å². The summed E-state index contributed by atoms with van der Waals surface area (Å²) in [5.74, 6) is 0. The molecule has 0 saturated heterocycles. The van der Waals surface area contributed by atoms with Gasteiger partial charge in [-0.25, -0.2) is 16.8 Å². The summed E-state index contributed by atoms with van der Waals surface area (Å²) in [5, 5.41) is 0. The maximum Gasteiger partial charge on any atom is 0.480 e. The molecule has 0 aromatic carbocycles. The molecule has 0 aliphatic carbocycles. The molecule has 1 heterocycles. The second kappa shape index (κ2) is 9.39. The maximum atomic E-state index is 11.4. The summed E-state index contributed by atoms with van der Waals surface area (Å²) in [6, 6.07) is 0. The highest BCUT2D eigenvalue weighted by molar-refractivity contribution is 8.13. The molecule has 0 radical (unpaired) electrons. The van der Waals surface area contributed by atoms with Gasteiger partial charge in [0, 0.05) is 0 Å². The summed E-state index contributed by atoms with van der Waals surface area (Å²) < 4.78 is 110. The van der Waals surface area contributed by atoms with Crippen LogP contribution in [0.4, 0.5) is 26.3 Å². The van der Waals surface area contributed by atoms with E-state index in [-0.39, 0.29) is 0 Å². The number of hydrogen-bond acceptors (Lipinski definition) is 4. The number of sulfonamides is 2. The summed E-state index contributed by atoms with van der Waals surface area (Å²) in [4.78, 5) is 0. The maximum absolute atomic E-state index is 11.4. The van der Waals surface area contributed by atoms with Gasteiger partial charge in [0.25, 0.3) is 0 Å². The summed E-state index contributed by atoms with van der Waals surface area (Å²) in [5.41, 5.74) is -12.4. The van der Waals surface area contributed by atoms with Crippen LogP contribution in [0.5, 0.6) is 0 Å². The molecular weight excluding hydrogens is 426 g/mol. The van der Waals surface area contributed by atoms with Crippen molar-refractivity contribution in [3.05, 3.63) is 28.6 Å². The van der Waals surface area contributed by atoms with Crippen LogP contribution >= 0.6 is 0 Å². The second-order valence-electron chi connectivity index (χ2n) is 5.53. The van der Waals surface area contributed by atoms with Crippen molar-refractivity contribution in [2.45, 2.75) is 37.7 Å². The van der Waals surface area contributed by atoms with Crippen LogP contribution in [-0.2, 0) is 20.0 Å². The van der Waals surface area contributed by atoms with Gasteiger partial charge in [-0.1, -0.05) is 19.9 Å². The smallest absolute Gasteiger partial charge is 0.421 e. The fourth-order valence-corrected chi connectivity index (χ4v) is 3.90. The zero-order chi connectivity index (χ0) is 21.6. The molecule has 0 bridgehead atoms. The molecule has 1 aliphatic heterocycles. The van der Waals surface area contributed by atoms with Gasteiger partial charge in [-0.15, -0.1) is 0 Å². The van der Waals surface area contributed by atoms with Gasteiger partial charge in [-0.05, 0) is 25.0 Å². The van der Waals surface area contributed by atoms with Crippen molar-refractivity contribution in [3.63, 3.8) is 0 Å². The number of allylic oxidation sites excluding steroid dienone is 2. The zero-order valence-corrected chi connectivity index (χ0v) is 16.1. The number of hydrogen-bond donors (Lipinski definition) is 0. The fourth-order valence-electron chi connectivity index (χ4n) is 2.19. The van der Waals surface area contributed by atoms with E-state index < -0.39 is 31.1 Å². The van der Waals surface area contributed by atoms with Gasteiger partial charge in [0.1, 0.15) is 6.54 Å². The molecule has 0 saturated carbocycles. The topological polar surface area (TPSA) is 82.4 Å². The van der Waals surface area contributed by atoms with Crippen LogP contribution in [0, 0.1) is 0 Å². The molecule has 0 atom stereocenters. The second-order valence-corrected chi connectivity index (χ2v) is 8.96. The lowest BCUT2D eigenvalue weighted by Crippen LogP contribution is -2.44. The van der Waals surface area contributed by atoms with Gasteiger partial charge in [0.2, 0.25) is 0 Å². The minimum atomic E-state index is -6.72. The van der Waals surface area contributed by atoms with Crippen LogP contribution < -0.4 is 0 Å². The lowest BCUT2D eigenvalue weighted by molar-refractivity contribution is -0.874. The molecule has 0 unspecified atom stereocenters. The van der Waals surface area contributed by atoms with E-state index in [0.717, 1.165) is 4.13 Å². The molecule has 0 spiro atoms. The molecule has 1 rings (SSSR count). The lowest BCUT2D eigenvalue weighted by atomic mass is 10.2. The average Bonchev–Trinajstić information content (AvgIpc) is 2.46. The van der Waals surface area contributed by atoms with Crippen molar-refractivity contribution >= 4 is 20.0 Å². The van der Waals surface area contributed by atoms with Crippen molar-refractivity contribution < 1.29 is 47.7 Å². The first-order valence-electron chi connectivity index (χ1n) is 7.60. The average molecular weight is 446 g/mol. The molecule has 1 aliphatic rings. The number of alkyl halides is 6. The number of quaternary nitrogens is 1. The molecule has 0 fully saturated rings. The molecule has 0 aromatic heterocycles. The van der Waals surface area contributed by atoms with Gasteiger partial charge in [-0.3, -0.25) is 4.48 Å². The Morgan fingerprint density at radius 3 is 1.52 bits per heavy atom. The number of rotatable bonds is 6. The van der Waals surface area contributed by atoms with E-state index in [4.69, 9.17) is 0 Å². The Kier molecular flexibility index (Phi) is 9.00. The van der Waals surface area contributed by atoms with Crippen LogP contribution in [0.3, 0.4) is 0 Å². The van der Waals surface area contributed by atoms with Crippen LogP contribution in [0.2, 0.25) is 0 Å². The van der Waals surface area contributed by atoms with Crippen molar-refractivity contribution in [3.8, 4) is 0 Å². The first-order chi connectivity index (χ1) is 12.0. The third kappa shape index (κ3) is 7.79. The zero-order valence-electron chi connectivity index (χ0n) is 14.5. The molecule has 160 valence electrons. The Labute approximate surface area is 154 Å². The molecule has 14 heteroatoms. The SMILES string of the molecule is CCC[N+]1(CCC)C=CC=CC1.O=S(=O)([N-]S(=O)(=O)C(F)(F)F)C(F)(F)F. The van der Waals surface area contributed by atoms with E-state index in [1.165, 1.54) is 37.0 Å². The van der Waals surface area contributed by atoms with Crippen molar-refractivity contribution in [1.29, 1.82) is 0 Å². The Morgan fingerprint density at radius 2 is 1.26 bits per heavy atom. The fraction of sp³-hybridized carbons (Fsp3) is 0.692. The van der Waals surface area contributed by atoms with Gasteiger partial charge in [0.15, 0.2) is 20.0 Å². The highest BCUT2D eigenvalue weighted by Gasteiger charge is 2.46. The highest BCUT2D eigenvalue weighted by atomic mass is 32.3. The standard InChI is InChI=1S/C11H20N.C2F6NO4S2/c1-3-8-12(9-4-2)10-6-5-7-11-12;3-1(4,5)14(10,11)9-15(12,13)2(6,7)8/h5-7,10H,3-4,8-9,11H2,1-2H3;/q+1;-1. The van der Waals surface area contributed by atoms with Crippen LogP contribution in [0.15, 0.2) is 24.4 Å². The van der Waals surface area contributed by atoms with E-state index in [2.05, 4.69) is 38.3 Å². The van der Waals surface area contributed by atoms with Gasteiger partial charge in [0.05, 0.1) is 19.3 Å². The predicted molar refractivity (Wildman–Crippen MR) is 87.0 cm³/mol. The molecule has 0 N–H and O–H groups in total. The quantitative estimate of drug-likeness (QED) is 0.460. The Morgan fingerprint density at radius 1 is 0.852 bits per heavy atom. The molecular formula is C13H20F6N2O4S2. The van der Waals surface area contributed by atoms with E-state index in [0.29, 0.717) is 0 Å². The summed E-state index contributed by atoms with van der Waals surface area (Å²) in [6.07, 6.45) is 11.5. The Balaban J connectivity index is 0.000000511. The Bertz CT molecular complexity index is 692. The van der Waals surface area contributed by atoms with Gasteiger partial charge >= 0.3 is 11.0 Å². The van der Waals surface area contributed by atoms with Gasteiger partial charge in [-0.2, -0.15) is 26.3 Å². The predicted octanol–water partition coefficient (Wildman–Crippen LogP) is 3.77. The summed E-state index contributed by atoms with van der Waals surface area (Å²) in [6.45, 7) is 8.30. The Hall–Kier alpha value is -1.12. The van der Waals surface area contributed by atoms with E-state index in [1.54, 1.807) is 0 Å². The van der Waals surface area contributed by atoms with Gasteiger partial charge < -0.3 is 4.13 Å². The molecule has 6 nitrogen and oxygen atoms in total. The normalized spacial score (nSPS) is 17.3. The number of halogens is 6. The first kappa shape index (κ1) is 25.9. The van der Waals surface area contributed by atoms with Crippen LogP contribution in [0.25, 0.3) is 4.13 Å². The largest absolute Gasteiger partial charge is 0.480 e. The molecule has 0 amide bonds. The number of nitrogens with zero attached hydrogens (tertiary/aromatic N) is 2. The van der Waals surface area contributed by atoms with Crippen LogP contribution in [0.1, 0.15) is 26.7 Å². The minimum absolute atomic E-state index is 0.778. The summed E-state index contributed by atoms with van der Waals surface area (Å²) in [7, 11) is -13.4. The highest BCUT2D eigenvalue weighted by Crippen LogP contribution is 2.36. The lowest BCUT2D eigenvalue weighted by Gasteiger charge is -2.34. The summed E-state index contributed by atoms with van der Waals surface area (Å²) >= 11 is 0. The van der Waals surface area contributed by atoms with E-state index in [1.807, 2.05) is 0 Å². The first-order valence-corrected chi connectivity index (χ1v) is 10.5. The third-order valence-corrected chi connectivity index (χ3v) is 5.98. The minimum Gasteiger partial charge on any atom is -0.421 e. The van der Waals surface area contributed by atoms with Crippen molar-refractivity contribution in [1.82, 2.24) is 0 Å². The third-order valence-electron chi connectivity index (χ3n) is 3.24. The monoisotopic (exact) mass is 446 g/mol. The van der Waals surface area contributed by atoms with Crippen molar-refractivity contribution in [2.24, 2.45) is 0 Å². The van der Waals surface area contributed by atoms with E-state index in [9.17, 15) is 43.2 Å². The van der Waals surface area contributed by atoms with Crippen LogP contribution in [-0.4, -0.2) is 52.0 Å².